The van der Waals surface area contributed by atoms with E-state index in [-0.39, 0.29) is 12.0 Å². The number of aliphatic hydroxyl groups is 1. The van der Waals surface area contributed by atoms with Gasteiger partial charge in [0, 0.05) is 17.8 Å². The van der Waals surface area contributed by atoms with Crippen LogP contribution in [-0.2, 0) is 0 Å². The van der Waals surface area contributed by atoms with E-state index in [1.165, 1.54) is 11.0 Å². The van der Waals surface area contributed by atoms with Gasteiger partial charge in [-0.15, -0.1) is 0 Å². The van der Waals surface area contributed by atoms with Crippen molar-refractivity contribution in [2.75, 3.05) is 0 Å². The van der Waals surface area contributed by atoms with Crippen LogP contribution < -0.4 is 5.56 Å². The average Bonchev–Trinajstić information content (AvgIpc) is 3.33. The Balaban J connectivity index is 1.82. The summed E-state index contributed by atoms with van der Waals surface area (Å²) < 4.78 is 1.38. The van der Waals surface area contributed by atoms with E-state index in [9.17, 15) is 15.2 Å². The first-order valence-corrected chi connectivity index (χ1v) is 8.32. The maximum absolute atomic E-state index is 13.0. The Morgan fingerprint density at radius 3 is 2.96 bits per heavy atom. The van der Waals surface area contributed by atoms with Crippen molar-refractivity contribution in [1.82, 2.24) is 24.7 Å². The molecule has 3 aromatic rings. The van der Waals surface area contributed by atoms with Gasteiger partial charge in [-0.3, -0.25) is 4.79 Å². The number of aromatic nitrogens is 5. The predicted molar refractivity (Wildman–Crippen MR) is 90.6 cm³/mol. The highest BCUT2D eigenvalue weighted by Crippen LogP contribution is 2.39. The van der Waals surface area contributed by atoms with Crippen LogP contribution in [0.3, 0.4) is 0 Å². The van der Waals surface area contributed by atoms with E-state index in [0.29, 0.717) is 29.7 Å². The Morgan fingerprint density at radius 1 is 1.40 bits per heavy atom. The van der Waals surface area contributed by atoms with Crippen molar-refractivity contribution in [3.63, 3.8) is 0 Å². The van der Waals surface area contributed by atoms with Crippen molar-refractivity contribution in [2.45, 2.75) is 43.7 Å². The van der Waals surface area contributed by atoms with Gasteiger partial charge in [0.15, 0.2) is 0 Å². The molecule has 8 heteroatoms. The molecule has 1 atom stereocenters. The lowest BCUT2D eigenvalue weighted by atomic mass is 9.90. The summed E-state index contributed by atoms with van der Waals surface area (Å²) in [6.07, 6.45) is 7.79. The number of rotatable bonds is 4. The first-order chi connectivity index (χ1) is 12.1. The Labute approximate surface area is 143 Å². The SMILES string of the molecule is N#CCC(n1[nH]cc(-c2ncnc3[nH]ccc23)c1=O)C1(O)CCCC1. The summed E-state index contributed by atoms with van der Waals surface area (Å²) in [7, 11) is 0. The van der Waals surface area contributed by atoms with Crippen molar-refractivity contribution in [3.05, 3.63) is 35.1 Å². The van der Waals surface area contributed by atoms with Gasteiger partial charge in [-0.1, -0.05) is 12.8 Å². The lowest BCUT2D eigenvalue weighted by Crippen LogP contribution is -2.41. The molecule has 0 aromatic carbocycles. The van der Waals surface area contributed by atoms with Gasteiger partial charge in [-0.25, -0.2) is 14.6 Å². The third kappa shape index (κ3) is 2.44. The molecular formula is C17H18N6O2. The molecule has 1 aliphatic carbocycles. The minimum Gasteiger partial charge on any atom is -0.388 e. The quantitative estimate of drug-likeness (QED) is 0.670. The van der Waals surface area contributed by atoms with Gasteiger partial charge in [0.1, 0.15) is 12.0 Å². The molecule has 0 bridgehead atoms. The fourth-order valence-corrected chi connectivity index (χ4v) is 3.80. The summed E-state index contributed by atoms with van der Waals surface area (Å²) >= 11 is 0. The normalized spacial score (nSPS) is 17.6. The molecule has 0 amide bonds. The zero-order valence-electron chi connectivity index (χ0n) is 13.6. The minimum atomic E-state index is -1.03. The highest BCUT2D eigenvalue weighted by atomic mass is 16.3. The smallest absolute Gasteiger partial charge is 0.276 e. The molecule has 3 aromatic heterocycles. The molecule has 0 spiro atoms. The number of nitriles is 1. The van der Waals surface area contributed by atoms with Crippen LogP contribution >= 0.6 is 0 Å². The van der Waals surface area contributed by atoms with E-state index >= 15 is 0 Å². The van der Waals surface area contributed by atoms with Crippen LogP contribution in [0, 0.1) is 11.3 Å². The number of H-pyrrole nitrogens is 2. The van der Waals surface area contributed by atoms with E-state index < -0.39 is 11.6 Å². The second kappa shape index (κ2) is 5.86. The van der Waals surface area contributed by atoms with Crippen LogP contribution in [0.2, 0.25) is 0 Å². The molecule has 0 radical (unpaired) electrons. The average molecular weight is 338 g/mol. The highest BCUT2D eigenvalue weighted by molar-refractivity contribution is 5.89. The molecule has 3 heterocycles. The number of hydrogen-bond acceptors (Lipinski definition) is 5. The predicted octanol–water partition coefficient (Wildman–Crippen LogP) is 1.87. The first kappa shape index (κ1) is 15.6. The van der Waals surface area contributed by atoms with Gasteiger partial charge in [0.05, 0.1) is 35.4 Å². The van der Waals surface area contributed by atoms with Crippen molar-refractivity contribution in [2.24, 2.45) is 0 Å². The standard InChI is InChI=1S/C17H18N6O2/c18-7-3-13(17(25)5-1-2-6-17)23-16(24)12(9-22-23)14-11-4-8-19-15(11)21-10-20-14/h4,8-10,13,22,25H,1-3,5-6H2,(H,19,20,21). The van der Waals surface area contributed by atoms with E-state index in [4.69, 9.17) is 0 Å². The second-order valence-electron chi connectivity index (χ2n) is 6.51. The number of aromatic amines is 2. The van der Waals surface area contributed by atoms with Crippen LogP contribution in [0.1, 0.15) is 38.1 Å². The van der Waals surface area contributed by atoms with Crippen molar-refractivity contribution in [3.8, 4) is 17.3 Å². The Kier molecular flexibility index (Phi) is 3.66. The summed E-state index contributed by atoms with van der Waals surface area (Å²) in [5.74, 6) is 0. The van der Waals surface area contributed by atoms with Gasteiger partial charge >= 0.3 is 0 Å². The lowest BCUT2D eigenvalue weighted by molar-refractivity contribution is -0.0102. The monoisotopic (exact) mass is 338 g/mol. The van der Waals surface area contributed by atoms with E-state index in [1.807, 2.05) is 6.07 Å². The fourth-order valence-electron chi connectivity index (χ4n) is 3.80. The van der Waals surface area contributed by atoms with Gasteiger partial charge in [0.25, 0.3) is 5.56 Å². The molecule has 1 aliphatic rings. The molecule has 3 N–H and O–H groups in total. The highest BCUT2D eigenvalue weighted by Gasteiger charge is 2.41. The fraction of sp³-hybridized carbons (Fsp3) is 0.412. The maximum atomic E-state index is 13.0. The molecule has 0 aliphatic heterocycles. The summed E-state index contributed by atoms with van der Waals surface area (Å²) in [5.41, 5.74) is 0.260. The van der Waals surface area contributed by atoms with Crippen molar-refractivity contribution < 1.29 is 5.11 Å². The summed E-state index contributed by atoms with van der Waals surface area (Å²) in [5, 5.41) is 23.8. The molecule has 1 unspecified atom stereocenters. The summed E-state index contributed by atoms with van der Waals surface area (Å²) in [4.78, 5) is 24.4. The third-order valence-corrected chi connectivity index (χ3v) is 5.09. The third-order valence-electron chi connectivity index (χ3n) is 5.09. The lowest BCUT2D eigenvalue weighted by Gasteiger charge is -2.31. The van der Waals surface area contributed by atoms with Gasteiger partial charge in [0.2, 0.25) is 0 Å². The minimum absolute atomic E-state index is 0.0691. The van der Waals surface area contributed by atoms with Crippen LogP contribution in [0.5, 0.6) is 0 Å². The first-order valence-electron chi connectivity index (χ1n) is 8.32. The van der Waals surface area contributed by atoms with Gasteiger partial charge in [-0.2, -0.15) is 5.26 Å². The molecule has 1 fully saturated rings. The van der Waals surface area contributed by atoms with E-state index in [0.717, 1.165) is 18.2 Å². The Bertz CT molecular complexity index is 1000. The number of fused-ring (bicyclic) bond motifs is 1. The zero-order chi connectivity index (χ0) is 17.4. The molecule has 1 saturated carbocycles. The molecular weight excluding hydrogens is 320 g/mol. The summed E-state index contributed by atoms with van der Waals surface area (Å²) in [6, 6.07) is 3.33. The molecule has 4 rings (SSSR count). The Morgan fingerprint density at radius 2 is 2.20 bits per heavy atom. The van der Waals surface area contributed by atoms with Crippen LogP contribution in [0.4, 0.5) is 0 Å². The van der Waals surface area contributed by atoms with Crippen molar-refractivity contribution in [1.29, 1.82) is 5.26 Å². The number of hydrogen-bond donors (Lipinski definition) is 3. The van der Waals surface area contributed by atoms with Crippen LogP contribution in [0.25, 0.3) is 22.3 Å². The number of nitrogens with zero attached hydrogens (tertiary/aromatic N) is 4. The van der Waals surface area contributed by atoms with Crippen LogP contribution in [0.15, 0.2) is 29.6 Å². The zero-order valence-corrected chi connectivity index (χ0v) is 13.6. The summed E-state index contributed by atoms with van der Waals surface area (Å²) in [6.45, 7) is 0. The van der Waals surface area contributed by atoms with Crippen molar-refractivity contribution >= 4 is 11.0 Å². The van der Waals surface area contributed by atoms with Gasteiger partial charge in [-0.05, 0) is 18.9 Å². The molecule has 128 valence electrons. The molecule has 0 saturated heterocycles. The largest absolute Gasteiger partial charge is 0.388 e. The topological polar surface area (TPSA) is 123 Å². The van der Waals surface area contributed by atoms with Gasteiger partial charge < -0.3 is 15.2 Å². The second-order valence-corrected chi connectivity index (χ2v) is 6.51. The maximum Gasteiger partial charge on any atom is 0.276 e. The molecule has 25 heavy (non-hydrogen) atoms. The van der Waals surface area contributed by atoms with E-state index in [2.05, 4.69) is 26.1 Å². The van der Waals surface area contributed by atoms with Crippen LogP contribution in [-0.4, -0.2) is 35.4 Å². The Hall–Kier alpha value is -2.92. The molecule has 8 nitrogen and oxygen atoms in total. The number of nitrogens with one attached hydrogen (secondary N) is 2. The van der Waals surface area contributed by atoms with E-state index in [1.54, 1.807) is 12.4 Å².